The second-order valence-corrected chi connectivity index (χ2v) is 11.4. The molecule has 11 heteroatoms. The van der Waals surface area contributed by atoms with Gasteiger partial charge in [0.15, 0.2) is 0 Å². The maximum atomic E-state index is 6.60. The smallest absolute Gasteiger partial charge is 0.285 e. The van der Waals surface area contributed by atoms with Gasteiger partial charge in [-0.05, 0) is 54.4 Å². The van der Waals surface area contributed by atoms with Crippen LogP contribution in [0.25, 0.3) is 0 Å². The molecule has 0 fully saturated rings. The van der Waals surface area contributed by atoms with Crippen LogP contribution in [0.2, 0.25) is 0 Å². The van der Waals surface area contributed by atoms with Crippen LogP contribution >= 0.6 is 0 Å². The average Bonchev–Trinajstić information content (AvgIpc) is 2.85. The van der Waals surface area contributed by atoms with Crippen molar-refractivity contribution in [1.29, 1.82) is 0 Å². The summed E-state index contributed by atoms with van der Waals surface area (Å²) in [5, 5.41) is 0. The van der Waals surface area contributed by atoms with Crippen LogP contribution in [-0.2, 0) is 37.9 Å². The first-order valence-electron chi connectivity index (χ1n) is 14.6. The van der Waals surface area contributed by atoms with Crippen LogP contribution in [0.1, 0.15) is 88.0 Å². The second-order valence-electron chi connectivity index (χ2n) is 8.80. The van der Waals surface area contributed by atoms with Crippen LogP contribution in [0.15, 0.2) is 0 Å². The third-order valence-corrected chi connectivity index (χ3v) is 8.54. The molecule has 2 unspecified atom stereocenters. The Morgan fingerprint density at radius 3 is 0.973 bits per heavy atom. The van der Waals surface area contributed by atoms with Crippen molar-refractivity contribution in [3.05, 3.63) is 0 Å². The highest BCUT2D eigenvalue weighted by Crippen LogP contribution is 2.44. The molecule has 0 aliphatic rings. The third-order valence-electron chi connectivity index (χ3n) is 6.12. The molecular weight excluding hydrogens is 510 g/mol. The zero-order valence-corrected chi connectivity index (χ0v) is 29.9. The number of likely N-dealkylation sites (N-methyl/N-ethyl adjacent to an activating group) is 1. The number of nitrogens with zero attached hydrogens (tertiary/aromatic N) is 1. The summed E-state index contributed by atoms with van der Waals surface area (Å²) in [4.78, 5) is 1.95. The van der Waals surface area contributed by atoms with Gasteiger partial charge in [0.05, 0.1) is 20.5 Å². The Bertz CT molecular complexity index is 519. The van der Waals surface area contributed by atoms with Crippen LogP contribution in [-0.4, -0.2) is 107 Å². The highest BCUT2D eigenvalue weighted by Gasteiger charge is 2.68. The summed E-state index contributed by atoms with van der Waals surface area (Å²) in [5.74, 6) is -2.96. The van der Waals surface area contributed by atoms with Crippen LogP contribution in [0.3, 0.4) is 0 Å². The molecule has 0 heterocycles. The molecule has 2 atom stereocenters. The Balaban J connectivity index is 7.40. The average molecular weight is 570 g/mol. The van der Waals surface area contributed by atoms with Crippen molar-refractivity contribution in [2.45, 2.75) is 111 Å². The quantitative estimate of drug-likeness (QED) is 0.0936. The third kappa shape index (κ3) is 9.04. The van der Waals surface area contributed by atoms with E-state index in [0.717, 1.165) is 25.7 Å². The predicted octanol–water partition coefficient (Wildman–Crippen LogP) is 2.51. The summed E-state index contributed by atoms with van der Waals surface area (Å²) in [6.45, 7) is 21.7. The fourth-order valence-electron chi connectivity index (χ4n) is 4.62. The Morgan fingerprint density at radius 1 is 0.459 bits per heavy atom. The van der Waals surface area contributed by atoms with Crippen molar-refractivity contribution < 1.29 is 37.9 Å². The molecule has 0 rings (SSSR count). The van der Waals surface area contributed by atoms with Crippen molar-refractivity contribution in [3.8, 4) is 0 Å². The molecule has 37 heavy (non-hydrogen) atoms. The molecule has 0 amide bonds. The maximum absolute atomic E-state index is 6.60. The van der Waals surface area contributed by atoms with Gasteiger partial charge in [-0.15, -0.1) is 0 Å². The number of hydrogen-bond donors (Lipinski definition) is 0. The molecular formula is C26H59NO8Si2. The van der Waals surface area contributed by atoms with Gasteiger partial charge in [0.25, 0.3) is 11.8 Å². The molecule has 0 aliphatic heterocycles. The SMILES string of the molecule is CCCCOC([SiH3])(OCC)C(OCC)(OCC)N(CC)C(OCC)(OCC)C([SiH3])(OCC)OCCCC. The van der Waals surface area contributed by atoms with Crippen molar-refractivity contribution in [1.82, 2.24) is 4.90 Å². The monoisotopic (exact) mass is 569 g/mol. The molecule has 0 N–H and O–H groups in total. The Kier molecular flexibility index (Phi) is 19.2. The molecule has 0 spiro atoms. The molecule has 0 saturated heterocycles. The fourth-order valence-corrected chi connectivity index (χ4v) is 6.73. The summed E-state index contributed by atoms with van der Waals surface area (Å²) in [6, 6.07) is 0. The fraction of sp³-hybridized carbons (Fsp3) is 1.00. The number of rotatable bonds is 25. The van der Waals surface area contributed by atoms with Gasteiger partial charge in [-0.25, -0.2) is 0 Å². The molecule has 0 aromatic rings. The lowest BCUT2D eigenvalue weighted by Crippen LogP contribution is -2.81. The van der Waals surface area contributed by atoms with E-state index in [1.54, 1.807) is 0 Å². The second kappa shape index (κ2) is 19.2. The van der Waals surface area contributed by atoms with Crippen LogP contribution < -0.4 is 0 Å². The van der Waals surface area contributed by atoms with Gasteiger partial charge in [-0.1, -0.05) is 33.6 Å². The first kappa shape index (κ1) is 37.1. The van der Waals surface area contributed by atoms with Crippen molar-refractivity contribution in [2.75, 3.05) is 59.4 Å². The number of ether oxygens (including phenoxy) is 8. The van der Waals surface area contributed by atoms with Crippen molar-refractivity contribution in [3.63, 3.8) is 0 Å². The van der Waals surface area contributed by atoms with E-state index in [9.17, 15) is 0 Å². The standard InChI is InChI=1S/C26H59NO8Si2/c1-10-19-21-34-25(36,32-17-8)23(28-13-4,29-14-5)27(12-3)24(30-15-6,31-16-7)26(37,33-18-9)35-22-20-11-2/h10-22H2,1-9,36-37H3. The van der Waals surface area contributed by atoms with Crippen molar-refractivity contribution in [2.24, 2.45) is 0 Å². The highest BCUT2D eigenvalue weighted by molar-refractivity contribution is 6.15. The van der Waals surface area contributed by atoms with E-state index in [2.05, 4.69) is 13.8 Å². The van der Waals surface area contributed by atoms with Gasteiger partial charge in [0.1, 0.15) is 0 Å². The van der Waals surface area contributed by atoms with Gasteiger partial charge < -0.3 is 37.9 Å². The Labute approximate surface area is 233 Å². The van der Waals surface area contributed by atoms with Gasteiger partial charge >= 0.3 is 0 Å². The van der Waals surface area contributed by atoms with E-state index in [4.69, 9.17) is 37.9 Å². The summed E-state index contributed by atoms with van der Waals surface area (Å²) in [5.41, 5.74) is -2.37. The first-order valence-corrected chi connectivity index (χ1v) is 16.6. The predicted molar refractivity (Wildman–Crippen MR) is 155 cm³/mol. The molecule has 0 aromatic heterocycles. The Morgan fingerprint density at radius 2 is 0.757 bits per heavy atom. The van der Waals surface area contributed by atoms with Gasteiger partial charge in [-0.2, -0.15) is 4.90 Å². The van der Waals surface area contributed by atoms with Crippen molar-refractivity contribution >= 4 is 20.5 Å². The summed E-state index contributed by atoms with van der Waals surface area (Å²) >= 11 is 0. The summed E-state index contributed by atoms with van der Waals surface area (Å²) in [7, 11) is 0.900. The molecule has 0 bridgehead atoms. The lowest BCUT2D eigenvalue weighted by Gasteiger charge is -2.59. The molecule has 0 radical (unpaired) electrons. The normalized spacial score (nSPS) is 16.4. The van der Waals surface area contributed by atoms with Gasteiger partial charge in [0, 0.05) is 59.4 Å². The Hall–Kier alpha value is 0.0738. The maximum Gasteiger partial charge on any atom is 0.285 e. The van der Waals surface area contributed by atoms with Gasteiger partial charge in [0.2, 0.25) is 10.8 Å². The lowest BCUT2D eigenvalue weighted by molar-refractivity contribution is -0.515. The minimum absolute atomic E-state index is 0.360. The topological polar surface area (TPSA) is 77.1 Å². The molecule has 224 valence electrons. The number of unbranched alkanes of at least 4 members (excludes halogenated alkanes) is 2. The van der Waals surface area contributed by atoms with Gasteiger partial charge in [-0.3, -0.25) is 0 Å². The van der Waals surface area contributed by atoms with E-state index in [1.807, 2.05) is 53.4 Å². The van der Waals surface area contributed by atoms with E-state index in [1.165, 1.54) is 0 Å². The lowest BCUT2D eigenvalue weighted by atomic mass is 10.2. The number of hydrogen-bond acceptors (Lipinski definition) is 9. The molecule has 9 nitrogen and oxygen atoms in total. The van der Waals surface area contributed by atoms with Crippen LogP contribution in [0.4, 0.5) is 0 Å². The van der Waals surface area contributed by atoms with E-state index in [-0.39, 0.29) is 0 Å². The minimum atomic E-state index is -1.48. The molecule has 0 aromatic carbocycles. The molecule has 0 aliphatic carbocycles. The molecule has 0 saturated carbocycles. The van der Waals surface area contributed by atoms with E-state index < -0.39 is 22.6 Å². The zero-order chi connectivity index (χ0) is 28.4. The van der Waals surface area contributed by atoms with E-state index >= 15 is 0 Å². The highest BCUT2D eigenvalue weighted by atomic mass is 28.2. The minimum Gasteiger partial charge on any atom is -0.349 e. The first-order chi connectivity index (χ1) is 17.7. The van der Waals surface area contributed by atoms with E-state index in [0.29, 0.717) is 79.9 Å². The largest absolute Gasteiger partial charge is 0.349 e. The zero-order valence-electron chi connectivity index (χ0n) is 25.9. The summed E-state index contributed by atoms with van der Waals surface area (Å²) in [6.07, 6.45) is 3.78. The van der Waals surface area contributed by atoms with Crippen LogP contribution in [0.5, 0.6) is 0 Å². The van der Waals surface area contributed by atoms with Crippen LogP contribution in [0, 0.1) is 0 Å². The summed E-state index contributed by atoms with van der Waals surface area (Å²) < 4.78 is 52.4.